The third-order valence-corrected chi connectivity index (χ3v) is 5.56. The van der Waals surface area contributed by atoms with Crippen LogP contribution in [-0.2, 0) is 14.3 Å². The molecule has 0 atom stereocenters. The number of aliphatic hydroxyl groups is 1. The summed E-state index contributed by atoms with van der Waals surface area (Å²) in [6.07, 6.45) is 1.61. The van der Waals surface area contributed by atoms with Gasteiger partial charge in [0.2, 0.25) is 18.1 Å². The molecule has 1 aliphatic rings. The number of nitrogens with zero attached hydrogens (tertiary/aromatic N) is 3. The zero-order valence-corrected chi connectivity index (χ0v) is 19.7. The highest BCUT2D eigenvalue weighted by Gasteiger charge is 2.40. The van der Waals surface area contributed by atoms with E-state index in [4.69, 9.17) is 19.6 Å². The number of rotatable bonds is 9. The van der Waals surface area contributed by atoms with E-state index in [-0.39, 0.29) is 31.5 Å². The number of halogens is 1. The summed E-state index contributed by atoms with van der Waals surface area (Å²) in [6.45, 7) is 4.95. The first kappa shape index (κ1) is 24.7. The number of aromatic nitrogens is 4. The Morgan fingerprint density at radius 3 is 2.63 bits per heavy atom. The predicted molar refractivity (Wildman–Crippen MR) is 127 cm³/mol. The van der Waals surface area contributed by atoms with Gasteiger partial charge in [0.25, 0.3) is 0 Å². The van der Waals surface area contributed by atoms with Crippen LogP contribution in [0.5, 0.6) is 0 Å². The summed E-state index contributed by atoms with van der Waals surface area (Å²) < 4.78 is 25.4. The van der Waals surface area contributed by atoms with Crippen LogP contribution in [0.4, 0.5) is 10.3 Å². The summed E-state index contributed by atoms with van der Waals surface area (Å²) in [4.78, 5) is 29.1. The summed E-state index contributed by atoms with van der Waals surface area (Å²) in [5.41, 5.74) is 1.52. The first-order valence-electron chi connectivity index (χ1n) is 11.5. The van der Waals surface area contributed by atoms with Gasteiger partial charge in [-0.05, 0) is 43.7 Å². The van der Waals surface area contributed by atoms with Crippen molar-refractivity contribution in [2.75, 3.05) is 38.2 Å². The van der Waals surface area contributed by atoms with E-state index in [2.05, 4.69) is 25.6 Å². The molecule has 11 heteroatoms. The number of nitrogens with one attached hydrogen (secondary N) is 3. The Balaban J connectivity index is 1.62. The van der Waals surface area contributed by atoms with Crippen molar-refractivity contribution in [3.63, 3.8) is 0 Å². The van der Waals surface area contributed by atoms with Crippen LogP contribution in [-0.4, -0.2) is 63.9 Å². The predicted octanol–water partition coefficient (Wildman–Crippen LogP) is 2.65. The van der Waals surface area contributed by atoms with Crippen molar-refractivity contribution in [3.8, 4) is 22.6 Å². The van der Waals surface area contributed by atoms with E-state index in [1.165, 1.54) is 12.1 Å². The van der Waals surface area contributed by atoms with Gasteiger partial charge < -0.3 is 30.2 Å². The molecule has 1 saturated heterocycles. The minimum atomic E-state index is -0.816. The molecule has 10 nitrogen and oxygen atoms in total. The molecule has 1 fully saturated rings. The number of aliphatic hydroxyl groups excluding tert-OH is 1. The van der Waals surface area contributed by atoms with Gasteiger partial charge in [-0.1, -0.05) is 6.92 Å². The molecule has 4 rings (SSSR count). The van der Waals surface area contributed by atoms with Gasteiger partial charge in [0, 0.05) is 24.8 Å². The number of carbonyl (C=O) groups excluding carboxylic acids is 1. The molecule has 186 valence electrons. The zero-order valence-electron chi connectivity index (χ0n) is 19.7. The fourth-order valence-electron chi connectivity index (χ4n) is 3.61. The second kappa shape index (κ2) is 10.9. The number of H-pyrrole nitrogens is 1. The fraction of sp³-hybridized carbons (Fsp3) is 0.417. The first-order valence-corrected chi connectivity index (χ1v) is 11.5. The topological polar surface area (TPSA) is 134 Å². The van der Waals surface area contributed by atoms with E-state index in [1.807, 2.05) is 6.92 Å². The van der Waals surface area contributed by atoms with Gasteiger partial charge in [0.1, 0.15) is 5.82 Å². The Kier molecular flexibility index (Phi) is 7.69. The number of ether oxygens (including phenoxy) is 2. The van der Waals surface area contributed by atoms with Crippen LogP contribution in [0.2, 0.25) is 0 Å². The summed E-state index contributed by atoms with van der Waals surface area (Å²) in [7, 11) is 0. The molecule has 4 N–H and O–H groups in total. The molecule has 3 heterocycles. The van der Waals surface area contributed by atoms with Crippen molar-refractivity contribution in [1.82, 2.24) is 25.3 Å². The molecule has 0 saturated carbocycles. The standard InChI is InChI=1S/C24H29FN6O4/c1-3-9-26-22(33)24(2)13-34-21(35-14-24)20-30-18(15-4-6-16(25)7-5-15)19(31-20)17-8-10-27-23(29-17)28-11-12-32/h4-8,10,21,32H,3,9,11-14H2,1-2H3,(H,26,33)(H,30,31)(H,27,28,29). The maximum absolute atomic E-state index is 13.6. The molecule has 0 radical (unpaired) electrons. The number of amides is 1. The number of imidazole rings is 1. The van der Waals surface area contributed by atoms with E-state index in [1.54, 1.807) is 31.3 Å². The number of hydrogen-bond acceptors (Lipinski definition) is 8. The Morgan fingerprint density at radius 2 is 1.94 bits per heavy atom. The first-order chi connectivity index (χ1) is 16.9. The van der Waals surface area contributed by atoms with Crippen molar-refractivity contribution in [2.45, 2.75) is 26.6 Å². The van der Waals surface area contributed by atoms with Crippen LogP contribution in [0, 0.1) is 11.2 Å². The number of carbonyl (C=O) groups is 1. The van der Waals surface area contributed by atoms with Crippen molar-refractivity contribution < 1.29 is 23.8 Å². The van der Waals surface area contributed by atoms with Gasteiger partial charge in [0.15, 0.2) is 5.82 Å². The van der Waals surface area contributed by atoms with Crippen LogP contribution in [0.15, 0.2) is 36.5 Å². The monoisotopic (exact) mass is 484 g/mol. The second-order valence-electron chi connectivity index (χ2n) is 8.54. The average Bonchev–Trinajstić information content (AvgIpc) is 3.32. The van der Waals surface area contributed by atoms with Gasteiger partial charge in [-0.2, -0.15) is 0 Å². The maximum atomic E-state index is 13.6. The largest absolute Gasteiger partial charge is 0.395 e. The van der Waals surface area contributed by atoms with Gasteiger partial charge in [-0.25, -0.2) is 19.3 Å². The van der Waals surface area contributed by atoms with Crippen LogP contribution >= 0.6 is 0 Å². The van der Waals surface area contributed by atoms with Crippen LogP contribution in [0.3, 0.4) is 0 Å². The summed E-state index contributed by atoms with van der Waals surface area (Å²) in [6, 6.07) is 7.68. The smallest absolute Gasteiger partial charge is 0.230 e. The highest BCUT2D eigenvalue weighted by atomic mass is 19.1. The summed E-state index contributed by atoms with van der Waals surface area (Å²) in [5, 5.41) is 14.9. The normalized spacial score (nSPS) is 19.9. The Bertz CT molecular complexity index is 1150. The molecular weight excluding hydrogens is 455 g/mol. The molecule has 2 aromatic heterocycles. The molecule has 0 aliphatic carbocycles. The van der Waals surface area contributed by atoms with Crippen molar-refractivity contribution in [3.05, 3.63) is 48.2 Å². The van der Waals surface area contributed by atoms with Gasteiger partial charge in [-0.3, -0.25) is 4.79 Å². The Hall–Kier alpha value is -3.41. The molecule has 1 aromatic carbocycles. The van der Waals surface area contributed by atoms with Gasteiger partial charge in [-0.15, -0.1) is 0 Å². The molecule has 0 bridgehead atoms. The molecule has 0 spiro atoms. The lowest BCUT2D eigenvalue weighted by Gasteiger charge is -2.35. The molecule has 1 amide bonds. The van der Waals surface area contributed by atoms with Gasteiger partial charge in [0.05, 0.1) is 42.3 Å². The number of aromatic amines is 1. The Labute approximate surface area is 202 Å². The molecule has 1 aliphatic heterocycles. The Morgan fingerprint density at radius 1 is 1.20 bits per heavy atom. The van der Waals surface area contributed by atoms with E-state index in [9.17, 15) is 9.18 Å². The summed E-state index contributed by atoms with van der Waals surface area (Å²) in [5.74, 6) is 0.271. The van der Waals surface area contributed by atoms with E-state index in [0.717, 1.165) is 6.42 Å². The highest BCUT2D eigenvalue weighted by Crippen LogP contribution is 2.35. The van der Waals surface area contributed by atoms with Crippen LogP contribution < -0.4 is 10.6 Å². The molecule has 0 unspecified atom stereocenters. The van der Waals surface area contributed by atoms with Crippen molar-refractivity contribution in [2.24, 2.45) is 5.41 Å². The fourth-order valence-corrected chi connectivity index (χ4v) is 3.61. The van der Waals surface area contributed by atoms with E-state index in [0.29, 0.717) is 47.5 Å². The van der Waals surface area contributed by atoms with E-state index < -0.39 is 11.7 Å². The lowest BCUT2D eigenvalue weighted by atomic mass is 9.91. The summed E-state index contributed by atoms with van der Waals surface area (Å²) >= 11 is 0. The molecule has 35 heavy (non-hydrogen) atoms. The third-order valence-electron chi connectivity index (χ3n) is 5.56. The maximum Gasteiger partial charge on any atom is 0.230 e. The SMILES string of the molecule is CCCNC(=O)C1(C)COC(c2nc(-c3ccc(F)cc3)c(-c3ccnc(NCCO)n3)[nH]2)OC1. The molecular formula is C24H29FN6O4. The lowest BCUT2D eigenvalue weighted by Crippen LogP contribution is -2.48. The zero-order chi connectivity index (χ0) is 24.8. The van der Waals surface area contributed by atoms with Crippen LogP contribution in [0.1, 0.15) is 32.4 Å². The number of anilines is 1. The van der Waals surface area contributed by atoms with Crippen molar-refractivity contribution in [1.29, 1.82) is 0 Å². The highest BCUT2D eigenvalue weighted by molar-refractivity contribution is 5.82. The quantitative estimate of drug-likeness (QED) is 0.364. The number of benzene rings is 1. The van der Waals surface area contributed by atoms with Gasteiger partial charge >= 0.3 is 0 Å². The third kappa shape index (κ3) is 5.64. The molecule has 3 aromatic rings. The second-order valence-corrected chi connectivity index (χ2v) is 8.54. The lowest BCUT2D eigenvalue weighted by molar-refractivity contribution is -0.231. The minimum Gasteiger partial charge on any atom is -0.395 e. The average molecular weight is 485 g/mol. The minimum absolute atomic E-state index is 0.0611. The number of hydrogen-bond donors (Lipinski definition) is 4. The van der Waals surface area contributed by atoms with Crippen LogP contribution in [0.25, 0.3) is 22.6 Å². The van der Waals surface area contributed by atoms with Crippen molar-refractivity contribution >= 4 is 11.9 Å². The van der Waals surface area contributed by atoms with E-state index >= 15 is 0 Å².